The average molecular weight is 264 g/mol. The van der Waals surface area contributed by atoms with Crippen LogP contribution in [-0.2, 0) is 17.8 Å². The van der Waals surface area contributed by atoms with Gasteiger partial charge in [0.05, 0.1) is 12.0 Å². The number of phenols is 2. The highest BCUT2D eigenvalue weighted by Gasteiger charge is 2.17. The van der Waals surface area contributed by atoms with E-state index in [2.05, 4.69) is 0 Å². The zero-order valence-electron chi connectivity index (χ0n) is 9.83. The van der Waals surface area contributed by atoms with Gasteiger partial charge in [-0.05, 0) is 23.8 Å². The Bertz CT molecular complexity index is 614. The number of rotatable bonds is 4. The van der Waals surface area contributed by atoms with E-state index in [-0.39, 0.29) is 41.4 Å². The lowest BCUT2D eigenvalue weighted by atomic mass is 10.0. The lowest BCUT2D eigenvalue weighted by Crippen LogP contribution is -2.01. The van der Waals surface area contributed by atoms with Gasteiger partial charge in [-0.25, -0.2) is 0 Å². The van der Waals surface area contributed by atoms with Crippen LogP contribution in [0.1, 0.15) is 11.3 Å². The zero-order valence-corrected chi connectivity index (χ0v) is 9.83. The van der Waals surface area contributed by atoms with E-state index in [1.807, 2.05) is 0 Å². The van der Waals surface area contributed by atoms with Crippen molar-refractivity contribution < 1.29 is 29.6 Å². The number of aliphatic hydroxyl groups excluding tert-OH is 1. The van der Waals surface area contributed by atoms with Gasteiger partial charge in [0, 0.05) is 6.07 Å². The third-order valence-electron chi connectivity index (χ3n) is 2.59. The lowest BCUT2D eigenvalue weighted by molar-refractivity contribution is -0.136. The van der Waals surface area contributed by atoms with Gasteiger partial charge in [-0.15, -0.1) is 0 Å². The number of hydrogen-bond donors (Lipinski definition) is 4. The summed E-state index contributed by atoms with van der Waals surface area (Å²) in [6.45, 7) is -0.299. The van der Waals surface area contributed by atoms with Crippen LogP contribution in [0.4, 0.5) is 0 Å². The van der Waals surface area contributed by atoms with E-state index in [4.69, 9.17) is 14.6 Å². The van der Waals surface area contributed by atoms with Gasteiger partial charge in [0.25, 0.3) is 0 Å². The molecule has 1 aromatic heterocycles. The molecule has 1 aromatic carbocycles. The highest BCUT2D eigenvalue weighted by Crippen LogP contribution is 2.37. The Kier molecular flexibility index (Phi) is 3.43. The quantitative estimate of drug-likeness (QED) is 0.665. The standard InChI is InChI=1S/C13H12O6/c14-6-9-1-2-11(19-9)13-7(4-12(17)18)3-8(15)5-10(13)16/h1-3,5,14-16H,4,6H2,(H,17,18). The van der Waals surface area contributed by atoms with Crippen molar-refractivity contribution in [2.75, 3.05) is 0 Å². The minimum atomic E-state index is -1.10. The number of carboxylic acid groups (broad SMARTS) is 1. The van der Waals surface area contributed by atoms with Crippen LogP contribution < -0.4 is 0 Å². The van der Waals surface area contributed by atoms with Gasteiger partial charge < -0.3 is 24.8 Å². The van der Waals surface area contributed by atoms with Crippen molar-refractivity contribution in [1.29, 1.82) is 0 Å². The highest BCUT2D eigenvalue weighted by atomic mass is 16.4. The fourth-order valence-electron chi connectivity index (χ4n) is 1.85. The summed E-state index contributed by atoms with van der Waals surface area (Å²) in [6, 6.07) is 5.39. The van der Waals surface area contributed by atoms with Gasteiger partial charge >= 0.3 is 5.97 Å². The van der Waals surface area contributed by atoms with Gasteiger partial charge in [0.15, 0.2) is 0 Å². The number of aliphatic carboxylic acids is 1. The molecule has 2 rings (SSSR count). The molecule has 0 saturated carbocycles. The van der Waals surface area contributed by atoms with Gasteiger partial charge in [-0.3, -0.25) is 4.79 Å². The summed E-state index contributed by atoms with van der Waals surface area (Å²) < 4.78 is 5.28. The molecule has 0 spiro atoms. The number of benzene rings is 1. The summed E-state index contributed by atoms with van der Waals surface area (Å²) in [5, 5.41) is 37.0. The molecule has 0 fully saturated rings. The predicted octanol–water partition coefficient (Wildman–Crippen LogP) is 1.48. The molecule has 0 saturated heterocycles. The van der Waals surface area contributed by atoms with Crippen molar-refractivity contribution >= 4 is 5.97 Å². The van der Waals surface area contributed by atoms with E-state index in [0.717, 1.165) is 6.07 Å². The second-order valence-electron chi connectivity index (χ2n) is 3.99. The van der Waals surface area contributed by atoms with Crippen molar-refractivity contribution in [3.05, 3.63) is 35.6 Å². The Balaban J connectivity index is 2.56. The maximum Gasteiger partial charge on any atom is 0.307 e. The maximum absolute atomic E-state index is 10.8. The van der Waals surface area contributed by atoms with E-state index in [0.29, 0.717) is 5.76 Å². The van der Waals surface area contributed by atoms with Gasteiger partial charge in [0.2, 0.25) is 0 Å². The smallest absolute Gasteiger partial charge is 0.307 e. The van der Waals surface area contributed by atoms with Crippen molar-refractivity contribution in [1.82, 2.24) is 0 Å². The first kappa shape index (κ1) is 13.0. The van der Waals surface area contributed by atoms with Crippen molar-refractivity contribution in [2.45, 2.75) is 13.0 Å². The number of furan rings is 1. The molecule has 6 heteroatoms. The maximum atomic E-state index is 10.8. The molecule has 19 heavy (non-hydrogen) atoms. The molecule has 4 N–H and O–H groups in total. The number of carboxylic acids is 1. The van der Waals surface area contributed by atoms with Crippen molar-refractivity contribution in [2.24, 2.45) is 0 Å². The van der Waals surface area contributed by atoms with Crippen LogP contribution in [0.25, 0.3) is 11.3 Å². The molecule has 0 bridgehead atoms. The molecule has 0 radical (unpaired) electrons. The highest BCUT2D eigenvalue weighted by molar-refractivity contribution is 5.78. The predicted molar refractivity (Wildman–Crippen MR) is 64.7 cm³/mol. The average Bonchev–Trinajstić information content (AvgIpc) is 2.75. The van der Waals surface area contributed by atoms with Crippen LogP contribution in [0.15, 0.2) is 28.7 Å². The number of carbonyl (C=O) groups is 1. The number of hydrogen-bond acceptors (Lipinski definition) is 5. The molecule has 0 aliphatic rings. The fourth-order valence-corrected chi connectivity index (χ4v) is 1.85. The first-order valence-corrected chi connectivity index (χ1v) is 5.48. The first-order valence-electron chi connectivity index (χ1n) is 5.48. The summed E-state index contributed by atoms with van der Waals surface area (Å²) in [4.78, 5) is 10.8. The topological polar surface area (TPSA) is 111 Å². The molecule has 100 valence electrons. The number of aliphatic hydroxyl groups is 1. The summed E-state index contributed by atoms with van der Waals surface area (Å²) >= 11 is 0. The Hall–Kier alpha value is -2.47. The zero-order chi connectivity index (χ0) is 14.0. The van der Waals surface area contributed by atoms with Crippen LogP contribution in [0, 0.1) is 0 Å². The van der Waals surface area contributed by atoms with Gasteiger partial charge in [0.1, 0.15) is 29.6 Å². The Morgan fingerprint density at radius 2 is 1.95 bits per heavy atom. The molecule has 0 atom stereocenters. The third-order valence-corrected chi connectivity index (χ3v) is 2.59. The van der Waals surface area contributed by atoms with E-state index < -0.39 is 5.97 Å². The second-order valence-corrected chi connectivity index (χ2v) is 3.99. The summed E-state index contributed by atoms with van der Waals surface area (Å²) in [5.74, 6) is -1.08. The van der Waals surface area contributed by atoms with E-state index in [1.54, 1.807) is 0 Å². The van der Waals surface area contributed by atoms with Crippen LogP contribution in [0.5, 0.6) is 11.5 Å². The van der Waals surface area contributed by atoms with Crippen LogP contribution >= 0.6 is 0 Å². The first-order chi connectivity index (χ1) is 9.01. The van der Waals surface area contributed by atoms with Crippen LogP contribution in [0.2, 0.25) is 0 Å². The second kappa shape index (κ2) is 5.03. The van der Waals surface area contributed by atoms with Crippen molar-refractivity contribution in [3.8, 4) is 22.8 Å². The molecule has 6 nitrogen and oxygen atoms in total. The molecular weight excluding hydrogens is 252 g/mol. The summed E-state index contributed by atoms with van der Waals surface area (Å²) in [7, 11) is 0. The largest absolute Gasteiger partial charge is 0.508 e. The Morgan fingerprint density at radius 1 is 1.21 bits per heavy atom. The van der Waals surface area contributed by atoms with E-state index in [9.17, 15) is 15.0 Å². The van der Waals surface area contributed by atoms with Crippen LogP contribution in [0.3, 0.4) is 0 Å². The van der Waals surface area contributed by atoms with E-state index in [1.165, 1.54) is 18.2 Å². The number of phenolic OH excluding ortho intramolecular Hbond substituents is 2. The molecule has 0 aliphatic carbocycles. The van der Waals surface area contributed by atoms with Gasteiger partial charge in [-0.2, -0.15) is 0 Å². The molecule has 1 heterocycles. The summed E-state index contributed by atoms with van der Waals surface area (Å²) in [6.07, 6.45) is -0.369. The van der Waals surface area contributed by atoms with Gasteiger partial charge in [-0.1, -0.05) is 0 Å². The van der Waals surface area contributed by atoms with Crippen LogP contribution in [-0.4, -0.2) is 26.4 Å². The van der Waals surface area contributed by atoms with E-state index >= 15 is 0 Å². The lowest BCUT2D eigenvalue weighted by Gasteiger charge is -2.09. The molecule has 0 aliphatic heterocycles. The molecule has 0 amide bonds. The molecule has 0 unspecified atom stereocenters. The minimum Gasteiger partial charge on any atom is -0.508 e. The molecular formula is C13H12O6. The Labute approximate surface area is 108 Å². The fraction of sp³-hybridized carbons (Fsp3) is 0.154. The van der Waals surface area contributed by atoms with Crippen molar-refractivity contribution in [3.63, 3.8) is 0 Å². The summed E-state index contributed by atoms with van der Waals surface area (Å²) in [5.41, 5.74) is 0.420. The minimum absolute atomic E-state index is 0.194. The molecule has 2 aromatic rings. The number of aromatic hydroxyl groups is 2. The SMILES string of the molecule is O=C(O)Cc1cc(O)cc(O)c1-c1ccc(CO)o1. The monoisotopic (exact) mass is 264 g/mol. The third kappa shape index (κ3) is 2.69. The Morgan fingerprint density at radius 3 is 2.53 bits per heavy atom. The normalized spacial score (nSPS) is 10.6.